The lowest BCUT2D eigenvalue weighted by Crippen LogP contribution is -2.70. The van der Waals surface area contributed by atoms with Gasteiger partial charge in [0, 0.05) is 43.3 Å². The van der Waals surface area contributed by atoms with E-state index in [2.05, 4.69) is 0 Å². The summed E-state index contributed by atoms with van der Waals surface area (Å²) in [6.07, 6.45) is 4.14. The van der Waals surface area contributed by atoms with Crippen molar-refractivity contribution in [2.75, 3.05) is 13.1 Å². The van der Waals surface area contributed by atoms with E-state index in [0.29, 0.717) is 44.3 Å². The predicted octanol–water partition coefficient (Wildman–Crippen LogP) is 4.44. The van der Waals surface area contributed by atoms with Gasteiger partial charge in [0.05, 0.1) is 11.5 Å². The molecule has 2 saturated carbocycles. The summed E-state index contributed by atoms with van der Waals surface area (Å²) in [5, 5.41) is 13.1. The van der Waals surface area contributed by atoms with Gasteiger partial charge in [0.2, 0.25) is 0 Å². The highest BCUT2D eigenvalue weighted by Crippen LogP contribution is 2.74. The molecule has 10 nitrogen and oxygen atoms in total. The molecular weight excluding hydrogens is 578 g/mol. The van der Waals surface area contributed by atoms with Crippen LogP contribution in [0.1, 0.15) is 81.1 Å². The Labute approximate surface area is 265 Å². The number of esters is 2. The molecule has 0 aromatic heterocycles. The van der Waals surface area contributed by atoms with Crippen molar-refractivity contribution in [1.82, 2.24) is 4.90 Å². The van der Waals surface area contributed by atoms with Gasteiger partial charge in [0.25, 0.3) is 0 Å². The van der Waals surface area contributed by atoms with Crippen LogP contribution >= 0.6 is 0 Å². The molecule has 1 amide bonds. The zero-order valence-corrected chi connectivity index (χ0v) is 27.7. The first-order valence-corrected chi connectivity index (χ1v) is 16.5. The highest BCUT2D eigenvalue weighted by molar-refractivity contribution is 5.98. The maximum atomic E-state index is 14.0. The maximum Gasteiger partial charge on any atom is 0.410 e. The Bertz CT molecular complexity index is 1430. The van der Waals surface area contributed by atoms with E-state index in [1.165, 1.54) is 13.0 Å². The van der Waals surface area contributed by atoms with Gasteiger partial charge in [0.1, 0.15) is 23.4 Å². The number of ketones is 1. The monoisotopic (exact) mass is 625 g/mol. The first kappa shape index (κ1) is 32.0. The van der Waals surface area contributed by atoms with Crippen LogP contribution in [-0.2, 0) is 33.3 Å². The number of carbonyl (C=O) groups excluding carboxylic acids is 4. The van der Waals surface area contributed by atoms with Gasteiger partial charge in [0.15, 0.2) is 11.9 Å². The number of amides is 1. The number of allylic oxidation sites excluding steroid dienone is 1. The van der Waals surface area contributed by atoms with Crippen molar-refractivity contribution in [2.24, 2.45) is 28.6 Å². The fraction of sp³-hybridized carbons (Fsp3) is 0.714. The maximum absolute atomic E-state index is 14.0. The number of fused-ring (bicyclic) bond motifs is 4. The van der Waals surface area contributed by atoms with Gasteiger partial charge < -0.3 is 29.0 Å². The van der Waals surface area contributed by atoms with Crippen LogP contribution in [0, 0.1) is 28.6 Å². The van der Waals surface area contributed by atoms with Crippen molar-refractivity contribution in [3.05, 3.63) is 34.9 Å². The van der Waals surface area contributed by atoms with Crippen LogP contribution in [-0.4, -0.2) is 82.5 Å². The van der Waals surface area contributed by atoms with Gasteiger partial charge in [-0.15, -0.1) is 0 Å². The van der Waals surface area contributed by atoms with E-state index >= 15 is 0 Å². The van der Waals surface area contributed by atoms with E-state index in [9.17, 15) is 24.3 Å². The average molecular weight is 626 g/mol. The summed E-state index contributed by atoms with van der Waals surface area (Å²) in [5.41, 5.74) is -1.96. The van der Waals surface area contributed by atoms with Crippen molar-refractivity contribution >= 4 is 23.8 Å². The molecule has 2 heterocycles. The van der Waals surface area contributed by atoms with Gasteiger partial charge in [-0.05, 0) is 83.9 Å². The number of hydrogen-bond donors (Lipinski definition) is 1. The average Bonchev–Trinajstić information content (AvgIpc) is 3.67. The standard InChI is InChI=1S/C35H47NO9/c1-9-36(10-2)31(40)44-27-12-11-26(38)33(8)22-13-14-32(7)23(20(5)25-15-18(3)19(4)30(39)43-25)16-28(42-21(6)37)34(32,41)24(22)17-29-35(27,33)45-29/h11-12,16,20,22,24-25,27-29,41H,9-10,13-15,17H2,1-8H3/t20-,22-,24+,25+,27-,28-,29+,32+,33-,34-,35+/m0/s1. The summed E-state index contributed by atoms with van der Waals surface area (Å²) in [6.45, 7) is 15.7. The second kappa shape index (κ2) is 10.5. The van der Waals surface area contributed by atoms with Crippen molar-refractivity contribution in [2.45, 2.75) is 117 Å². The predicted molar refractivity (Wildman–Crippen MR) is 163 cm³/mol. The van der Waals surface area contributed by atoms with Crippen LogP contribution in [0.3, 0.4) is 0 Å². The molecule has 2 aliphatic heterocycles. The number of ether oxygens (including phenoxy) is 4. The van der Waals surface area contributed by atoms with Gasteiger partial charge in [-0.3, -0.25) is 9.59 Å². The summed E-state index contributed by atoms with van der Waals surface area (Å²) in [5.74, 6) is -2.00. The first-order valence-electron chi connectivity index (χ1n) is 16.5. The smallest absolute Gasteiger partial charge is 0.410 e. The van der Waals surface area contributed by atoms with Crippen molar-refractivity contribution in [1.29, 1.82) is 0 Å². The van der Waals surface area contributed by atoms with Crippen LogP contribution in [0.2, 0.25) is 0 Å². The SMILES string of the molecule is CCN(CC)C(=O)O[C@H]1C=CC(=O)[C@]2(C)[C@H]3CC[C@]4(C)C([C@H](C)[C@H]5CC(C)=C(C)C(=O)O5)=C[C@H](OC(C)=O)[C@@]4(O)[C@@H]3C[C@H]3O[C@]132. The van der Waals surface area contributed by atoms with Crippen LogP contribution in [0.15, 0.2) is 34.9 Å². The second-order valence-electron chi connectivity index (χ2n) is 14.4. The molecule has 11 atom stereocenters. The first-order chi connectivity index (χ1) is 21.1. The van der Waals surface area contributed by atoms with E-state index in [4.69, 9.17) is 18.9 Å². The zero-order chi connectivity index (χ0) is 32.9. The Kier molecular flexibility index (Phi) is 7.48. The molecular formula is C35H47NO9. The Hall–Kier alpha value is -2.98. The van der Waals surface area contributed by atoms with E-state index in [-0.39, 0.29) is 23.6 Å². The van der Waals surface area contributed by atoms with Crippen molar-refractivity contribution in [3.8, 4) is 0 Å². The summed E-state index contributed by atoms with van der Waals surface area (Å²) in [6, 6.07) is 0. The molecule has 6 rings (SSSR count). The Balaban J connectivity index is 1.37. The number of epoxide rings is 1. The van der Waals surface area contributed by atoms with Crippen molar-refractivity contribution in [3.63, 3.8) is 0 Å². The third-order valence-electron chi connectivity index (χ3n) is 12.7. The molecule has 0 radical (unpaired) electrons. The number of aliphatic hydroxyl groups is 1. The van der Waals surface area contributed by atoms with Gasteiger partial charge >= 0.3 is 18.0 Å². The molecule has 0 aromatic carbocycles. The quantitative estimate of drug-likeness (QED) is 0.197. The summed E-state index contributed by atoms with van der Waals surface area (Å²) in [4.78, 5) is 53.7. The second-order valence-corrected chi connectivity index (χ2v) is 14.4. The molecule has 1 saturated heterocycles. The highest BCUT2D eigenvalue weighted by atomic mass is 16.7. The molecule has 0 unspecified atom stereocenters. The fourth-order valence-corrected chi connectivity index (χ4v) is 9.91. The largest absolute Gasteiger partial charge is 0.458 e. The number of cyclic esters (lactones) is 1. The summed E-state index contributed by atoms with van der Waals surface area (Å²) < 4.78 is 24.3. The molecule has 1 N–H and O–H groups in total. The lowest BCUT2D eigenvalue weighted by Gasteiger charge is -2.61. The van der Waals surface area contributed by atoms with E-state index in [1.807, 2.05) is 47.6 Å². The molecule has 6 aliphatic rings. The molecule has 246 valence electrons. The molecule has 0 bridgehead atoms. The molecule has 10 heteroatoms. The fourth-order valence-electron chi connectivity index (χ4n) is 9.91. The molecule has 0 aromatic rings. The molecule has 1 spiro atoms. The zero-order valence-electron chi connectivity index (χ0n) is 27.7. The lowest BCUT2D eigenvalue weighted by molar-refractivity contribution is -0.224. The number of nitrogens with zero attached hydrogens (tertiary/aromatic N) is 1. The third kappa shape index (κ3) is 4.13. The Morgan fingerprint density at radius 3 is 2.42 bits per heavy atom. The number of rotatable bonds is 6. The van der Waals surface area contributed by atoms with Crippen LogP contribution in [0.25, 0.3) is 0 Å². The third-order valence-corrected chi connectivity index (χ3v) is 12.7. The van der Waals surface area contributed by atoms with E-state index in [0.717, 1.165) is 11.1 Å². The van der Waals surface area contributed by atoms with Crippen LogP contribution < -0.4 is 0 Å². The van der Waals surface area contributed by atoms with E-state index in [1.54, 1.807) is 17.9 Å². The van der Waals surface area contributed by atoms with Crippen molar-refractivity contribution < 1.29 is 43.2 Å². The normalized spacial score (nSPS) is 43.6. The van der Waals surface area contributed by atoms with Gasteiger partial charge in [-0.1, -0.05) is 25.0 Å². The summed E-state index contributed by atoms with van der Waals surface area (Å²) >= 11 is 0. The minimum atomic E-state index is -1.54. The van der Waals surface area contributed by atoms with Crippen LogP contribution in [0.4, 0.5) is 4.79 Å². The lowest BCUT2D eigenvalue weighted by atomic mass is 9.42. The molecule has 45 heavy (non-hydrogen) atoms. The topological polar surface area (TPSA) is 132 Å². The Morgan fingerprint density at radius 1 is 1.11 bits per heavy atom. The minimum absolute atomic E-state index is 0.114. The molecule has 3 fully saturated rings. The van der Waals surface area contributed by atoms with Gasteiger partial charge in [-0.25, -0.2) is 9.59 Å². The molecule has 4 aliphatic carbocycles. The van der Waals surface area contributed by atoms with Gasteiger partial charge in [-0.2, -0.15) is 0 Å². The minimum Gasteiger partial charge on any atom is -0.458 e. The number of carbonyl (C=O) groups is 4. The Morgan fingerprint density at radius 2 is 1.80 bits per heavy atom. The van der Waals surface area contributed by atoms with Crippen LogP contribution in [0.5, 0.6) is 0 Å². The number of hydrogen-bond acceptors (Lipinski definition) is 9. The summed E-state index contributed by atoms with van der Waals surface area (Å²) in [7, 11) is 0. The van der Waals surface area contributed by atoms with E-state index < -0.39 is 64.4 Å². The highest BCUT2D eigenvalue weighted by Gasteiger charge is 2.83.